The zero-order valence-corrected chi connectivity index (χ0v) is 13.4. The third-order valence-electron chi connectivity index (χ3n) is 3.49. The van der Waals surface area contributed by atoms with Crippen molar-refractivity contribution >= 4 is 10.0 Å². The second kappa shape index (κ2) is 6.87. The summed E-state index contributed by atoms with van der Waals surface area (Å²) in [5, 5.41) is 8.85. The van der Waals surface area contributed by atoms with Crippen LogP contribution in [-0.2, 0) is 10.0 Å². The van der Waals surface area contributed by atoms with Crippen molar-refractivity contribution in [2.75, 3.05) is 13.1 Å². The van der Waals surface area contributed by atoms with E-state index < -0.39 is 10.0 Å². The van der Waals surface area contributed by atoms with Crippen molar-refractivity contribution in [2.24, 2.45) is 5.92 Å². The number of nitriles is 1. The van der Waals surface area contributed by atoms with Gasteiger partial charge < -0.3 is 0 Å². The van der Waals surface area contributed by atoms with E-state index in [9.17, 15) is 8.42 Å². The molecule has 1 atom stereocenters. The van der Waals surface area contributed by atoms with Crippen LogP contribution in [0.15, 0.2) is 23.1 Å². The van der Waals surface area contributed by atoms with Crippen molar-refractivity contribution in [1.82, 2.24) is 4.31 Å². The van der Waals surface area contributed by atoms with E-state index in [4.69, 9.17) is 5.26 Å². The number of hydrogen-bond acceptors (Lipinski definition) is 3. The smallest absolute Gasteiger partial charge is 0.207 e. The number of benzene rings is 1. The Labute approximate surface area is 122 Å². The van der Waals surface area contributed by atoms with Gasteiger partial charge >= 0.3 is 0 Å². The van der Waals surface area contributed by atoms with Gasteiger partial charge in [0.25, 0.3) is 0 Å². The monoisotopic (exact) mass is 294 g/mol. The van der Waals surface area contributed by atoms with E-state index in [1.807, 2.05) is 19.9 Å². The van der Waals surface area contributed by atoms with Crippen LogP contribution >= 0.6 is 0 Å². The van der Waals surface area contributed by atoms with Crippen LogP contribution in [0, 0.1) is 24.2 Å². The highest BCUT2D eigenvalue weighted by Gasteiger charge is 2.25. The minimum atomic E-state index is -3.49. The van der Waals surface area contributed by atoms with Crippen LogP contribution in [0.25, 0.3) is 0 Å². The molecule has 20 heavy (non-hydrogen) atoms. The summed E-state index contributed by atoms with van der Waals surface area (Å²) in [7, 11) is -3.49. The molecule has 0 saturated heterocycles. The predicted molar refractivity (Wildman–Crippen MR) is 79.8 cm³/mol. The van der Waals surface area contributed by atoms with Gasteiger partial charge in [0.2, 0.25) is 10.0 Å². The topological polar surface area (TPSA) is 61.2 Å². The Morgan fingerprint density at radius 3 is 2.45 bits per heavy atom. The van der Waals surface area contributed by atoms with Gasteiger partial charge in [0.15, 0.2) is 0 Å². The van der Waals surface area contributed by atoms with E-state index in [1.54, 1.807) is 19.1 Å². The molecule has 0 aromatic heterocycles. The molecule has 0 aliphatic carbocycles. The summed E-state index contributed by atoms with van der Waals surface area (Å²) in [6.45, 7) is 8.65. The van der Waals surface area contributed by atoms with Gasteiger partial charge in [0.05, 0.1) is 16.5 Å². The highest BCUT2D eigenvalue weighted by atomic mass is 32.2. The van der Waals surface area contributed by atoms with Crippen LogP contribution in [-0.4, -0.2) is 25.8 Å². The highest BCUT2D eigenvalue weighted by Crippen LogP contribution is 2.22. The molecule has 0 amide bonds. The van der Waals surface area contributed by atoms with Crippen molar-refractivity contribution < 1.29 is 8.42 Å². The summed E-state index contributed by atoms with van der Waals surface area (Å²) in [6, 6.07) is 6.72. The highest BCUT2D eigenvalue weighted by molar-refractivity contribution is 7.89. The van der Waals surface area contributed by atoms with E-state index in [0.29, 0.717) is 35.0 Å². The molecule has 0 aliphatic heterocycles. The van der Waals surface area contributed by atoms with Gasteiger partial charge in [-0.2, -0.15) is 9.57 Å². The summed E-state index contributed by atoms with van der Waals surface area (Å²) in [4.78, 5) is 0.293. The summed E-state index contributed by atoms with van der Waals surface area (Å²) >= 11 is 0. The first kappa shape index (κ1) is 16.7. The van der Waals surface area contributed by atoms with E-state index in [0.717, 1.165) is 6.42 Å². The summed E-state index contributed by atoms with van der Waals surface area (Å²) in [5.74, 6) is 0.323. The second-order valence-corrected chi connectivity index (χ2v) is 6.97. The third kappa shape index (κ3) is 3.59. The Bertz CT molecular complexity index is 603. The molecule has 0 heterocycles. The Morgan fingerprint density at radius 2 is 2.00 bits per heavy atom. The van der Waals surface area contributed by atoms with E-state index >= 15 is 0 Å². The lowest BCUT2D eigenvalue weighted by Crippen LogP contribution is -2.34. The average Bonchev–Trinajstić information content (AvgIpc) is 2.43. The molecule has 0 N–H and O–H groups in total. The molecule has 110 valence electrons. The second-order valence-electron chi connectivity index (χ2n) is 5.06. The van der Waals surface area contributed by atoms with Crippen LogP contribution < -0.4 is 0 Å². The molecular formula is C15H22N2O2S. The largest absolute Gasteiger partial charge is 0.243 e. The van der Waals surface area contributed by atoms with Gasteiger partial charge in [-0.15, -0.1) is 0 Å². The summed E-state index contributed by atoms with van der Waals surface area (Å²) < 4.78 is 26.9. The van der Waals surface area contributed by atoms with Gasteiger partial charge in [0.1, 0.15) is 0 Å². The summed E-state index contributed by atoms with van der Waals surface area (Å²) in [5.41, 5.74) is 1.10. The van der Waals surface area contributed by atoms with Gasteiger partial charge in [0, 0.05) is 13.1 Å². The van der Waals surface area contributed by atoms with E-state index in [-0.39, 0.29) is 0 Å². The molecule has 1 unspecified atom stereocenters. The number of rotatable bonds is 6. The molecule has 0 saturated carbocycles. The minimum Gasteiger partial charge on any atom is -0.207 e. The number of hydrogen-bond donors (Lipinski definition) is 0. The Kier molecular flexibility index (Phi) is 5.73. The molecule has 1 aromatic rings. The van der Waals surface area contributed by atoms with Crippen LogP contribution in [0.4, 0.5) is 0 Å². The molecule has 0 spiro atoms. The van der Waals surface area contributed by atoms with Crippen molar-refractivity contribution in [2.45, 2.75) is 39.0 Å². The molecule has 4 nitrogen and oxygen atoms in total. The van der Waals surface area contributed by atoms with Crippen molar-refractivity contribution in [3.05, 3.63) is 29.3 Å². The molecule has 0 bridgehead atoms. The number of sulfonamides is 1. The fourth-order valence-electron chi connectivity index (χ4n) is 2.02. The van der Waals surface area contributed by atoms with E-state index in [2.05, 4.69) is 6.92 Å². The maximum atomic E-state index is 12.7. The maximum absolute atomic E-state index is 12.7. The SMILES string of the molecule is CCC(C)CN(CC)S(=O)(=O)c1ccc(C#N)cc1C. The molecule has 0 aliphatic rings. The predicted octanol–water partition coefficient (Wildman–Crippen LogP) is 2.92. The van der Waals surface area contributed by atoms with Crippen molar-refractivity contribution in [1.29, 1.82) is 5.26 Å². The maximum Gasteiger partial charge on any atom is 0.243 e. The first-order chi connectivity index (χ1) is 9.36. The number of aryl methyl sites for hydroxylation is 1. The lowest BCUT2D eigenvalue weighted by molar-refractivity contribution is 0.361. The Hall–Kier alpha value is -1.38. The van der Waals surface area contributed by atoms with E-state index in [1.165, 1.54) is 10.4 Å². The molecule has 1 rings (SSSR count). The van der Waals surface area contributed by atoms with Gasteiger partial charge in [-0.25, -0.2) is 8.42 Å². The first-order valence-electron chi connectivity index (χ1n) is 6.87. The summed E-state index contributed by atoms with van der Waals surface area (Å²) in [6.07, 6.45) is 0.943. The molecular weight excluding hydrogens is 272 g/mol. The third-order valence-corrected chi connectivity index (χ3v) is 5.59. The van der Waals surface area contributed by atoms with Gasteiger partial charge in [-0.3, -0.25) is 0 Å². The molecule has 1 aromatic carbocycles. The molecule has 0 fully saturated rings. The Balaban J connectivity index is 3.18. The standard InChI is InChI=1S/C15H22N2O2S/c1-5-12(3)11-17(6-2)20(18,19)15-8-7-14(10-16)9-13(15)4/h7-9,12H,5-6,11H2,1-4H3. The van der Waals surface area contributed by atoms with Crippen LogP contribution in [0.3, 0.4) is 0 Å². The zero-order chi connectivity index (χ0) is 15.3. The molecule has 5 heteroatoms. The van der Waals surface area contributed by atoms with Crippen LogP contribution in [0.2, 0.25) is 0 Å². The molecule has 0 radical (unpaired) electrons. The zero-order valence-electron chi connectivity index (χ0n) is 12.5. The fourth-order valence-corrected chi connectivity index (χ4v) is 3.80. The fraction of sp³-hybridized carbons (Fsp3) is 0.533. The average molecular weight is 294 g/mol. The Morgan fingerprint density at radius 1 is 1.35 bits per heavy atom. The van der Waals surface area contributed by atoms with Crippen molar-refractivity contribution in [3.63, 3.8) is 0 Å². The van der Waals surface area contributed by atoms with Gasteiger partial charge in [-0.1, -0.05) is 27.2 Å². The quantitative estimate of drug-likeness (QED) is 0.810. The van der Waals surface area contributed by atoms with Crippen LogP contribution in [0.1, 0.15) is 38.3 Å². The van der Waals surface area contributed by atoms with Crippen LogP contribution in [0.5, 0.6) is 0 Å². The normalized spacial score (nSPS) is 13.2. The lowest BCUT2D eigenvalue weighted by Gasteiger charge is -2.24. The lowest BCUT2D eigenvalue weighted by atomic mass is 10.1. The first-order valence-corrected chi connectivity index (χ1v) is 8.31. The van der Waals surface area contributed by atoms with Crippen molar-refractivity contribution in [3.8, 4) is 6.07 Å². The van der Waals surface area contributed by atoms with Gasteiger partial charge in [-0.05, 0) is 36.6 Å². The number of nitrogens with zero attached hydrogens (tertiary/aromatic N) is 2. The minimum absolute atomic E-state index is 0.293.